The standard InChI is InChI=1S/C7H8N2S/c1-4-2-6-7(9-4)5(8)3-10-6/h2-3,9H,8H2,1H3. The zero-order chi connectivity index (χ0) is 7.14. The van der Waals surface area contributed by atoms with E-state index in [9.17, 15) is 0 Å². The van der Waals surface area contributed by atoms with Crippen molar-refractivity contribution in [2.24, 2.45) is 0 Å². The van der Waals surface area contributed by atoms with Gasteiger partial charge < -0.3 is 10.7 Å². The lowest BCUT2D eigenvalue weighted by molar-refractivity contribution is 1.30. The van der Waals surface area contributed by atoms with Gasteiger partial charge in [0, 0.05) is 11.1 Å². The Labute approximate surface area is 62.7 Å². The number of nitrogen functional groups attached to an aromatic ring is 1. The molecule has 10 heavy (non-hydrogen) atoms. The molecule has 2 rings (SSSR count). The molecule has 0 amide bonds. The van der Waals surface area contributed by atoms with Gasteiger partial charge in [-0.1, -0.05) is 0 Å². The summed E-state index contributed by atoms with van der Waals surface area (Å²) in [5.41, 5.74) is 8.78. The van der Waals surface area contributed by atoms with E-state index in [1.165, 1.54) is 10.4 Å². The van der Waals surface area contributed by atoms with Crippen LogP contribution in [0.2, 0.25) is 0 Å². The van der Waals surface area contributed by atoms with Gasteiger partial charge in [-0.05, 0) is 13.0 Å². The molecule has 0 fully saturated rings. The van der Waals surface area contributed by atoms with Crippen molar-refractivity contribution in [2.75, 3.05) is 5.73 Å². The molecule has 0 aliphatic carbocycles. The molecule has 0 saturated carbocycles. The number of nitrogens with two attached hydrogens (primary N) is 1. The molecule has 3 N–H and O–H groups in total. The predicted molar refractivity (Wildman–Crippen MR) is 45.3 cm³/mol. The number of hydrogen-bond donors (Lipinski definition) is 2. The Morgan fingerprint density at radius 2 is 2.40 bits per heavy atom. The Kier molecular flexibility index (Phi) is 1.02. The number of thiophene rings is 1. The zero-order valence-electron chi connectivity index (χ0n) is 5.64. The second kappa shape index (κ2) is 1.76. The lowest BCUT2D eigenvalue weighted by Gasteiger charge is -1.82. The van der Waals surface area contributed by atoms with Crippen LogP contribution in [0.15, 0.2) is 11.4 Å². The molecule has 0 unspecified atom stereocenters. The van der Waals surface area contributed by atoms with Crippen LogP contribution in [0.1, 0.15) is 5.69 Å². The van der Waals surface area contributed by atoms with Crippen molar-refractivity contribution in [1.29, 1.82) is 0 Å². The number of aryl methyl sites for hydroxylation is 1. The van der Waals surface area contributed by atoms with Gasteiger partial charge in [-0.15, -0.1) is 11.3 Å². The number of H-pyrrole nitrogens is 1. The number of rotatable bonds is 0. The molecule has 0 aliphatic rings. The summed E-state index contributed by atoms with van der Waals surface area (Å²) in [6.45, 7) is 2.03. The van der Waals surface area contributed by atoms with E-state index < -0.39 is 0 Å². The highest BCUT2D eigenvalue weighted by Gasteiger charge is 2.01. The first-order chi connectivity index (χ1) is 4.77. The Bertz CT molecular complexity index is 358. The highest BCUT2D eigenvalue weighted by atomic mass is 32.1. The van der Waals surface area contributed by atoms with E-state index in [-0.39, 0.29) is 0 Å². The molecule has 0 bridgehead atoms. The average molecular weight is 152 g/mol. The summed E-state index contributed by atoms with van der Waals surface area (Å²) in [6, 6.07) is 2.11. The minimum atomic E-state index is 0.855. The van der Waals surface area contributed by atoms with Gasteiger partial charge in [0.15, 0.2) is 0 Å². The molecular formula is C7H8N2S. The van der Waals surface area contributed by atoms with Gasteiger partial charge >= 0.3 is 0 Å². The van der Waals surface area contributed by atoms with Gasteiger partial charge in [0.2, 0.25) is 0 Å². The number of nitrogens with one attached hydrogen (secondary N) is 1. The minimum Gasteiger partial charge on any atom is -0.396 e. The van der Waals surface area contributed by atoms with Crippen LogP contribution in [0.5, 0.6) is 0 Å². The fourth-order valence-electron chi connectivity index (χ4n) is 1.06. The summed E-state index contributed by atoms with van der Waals surface area (Å²) in [5, 5.41) is 1.96. The molecule has 0 spiro atoms. The summed E-state index contributed by atoms with van der Waals surface area (Å²) in [4.78, 5) is 3.19. The smallest absolute Gasteiger partial charge is 0.0799 e. The van der Waals surface area contributed by atoms with Crippen molar-refractivity contribution in [3.05, 3.63) is 17.1 Å². The van der Waals surface area contributed by atoms with E-state index >= 15 is 0 Å². The fourth-order valence-corrected chi connectivity index (χ4v) is 1.96. The summed E-state index contributed by atoms with van der Waals surface area (Å²) < 4.78 is 1.25. The number of hydrogen-bond acceptors (Lipinski definition) is 2. The van der Waals surface area contributed by atoms with Crippen molar-refractivity contribution < 1.29 is 0 Å². The van der Waals surface area contributed by atoms with Crippen LogP contribution in [0.25, 0.3) is 10.2 Å². The lowest BCUT2D eigenvalue weighted by atomic mass is 10.4. The van der Waals surface area contributed by atoms with Crippen LogP contribution in [-0.2, 0) is 0 Å². The van der Waals surface area contributed by atoms with E-state index in [1.54, 1.807) is 11.3 Å². The maximum atomic E-state index is 5.67. The molecule has 2 heterocycles. The first kappa shape index (κ1) is 5.80. The second-order valence-corrected chi connectivity index (χ2v) is 3.29. The number of anilines is 1. The van der Waals surface area contributed by atoms with Gasteiger partial charge in [-0.25, -0.2) is 0 Å². The molecule has 2 nitrogen and oxygen atoms in total. The van der Waals surface area contributed by atoms with Crippen LogP contribution in [0.3, 0.4) is 0 Å². The molecule has 52 valence electrons. The van der Waals surface area contributed by atoms with Gasteiger partial charge in [-0.3, -0.25) is 0 Å². The maximum absolute atomic E-state index is 5.67. The van der Waals surface area contributed by atoms with Crippen LogP contribution < -0.4 is 5.73 Å². The molecular weight excluding hydrogens is 144 g/mol. The third-order valence-electron chi connectivity index (χ3n) is 1.52. The summed E-state index contributed by atoms with van der Waals surface area (Å²) in [5.74, 6) is 0. The maximum Gasteiger partial charge on any atom is 0.0799 e. The fraction of sp³-hybridized carbons (Fsp3) is 0.143. The highest BCUT2D eigenvalue weighted by molar-refractivity contribution is 7.17. The van der Waals surface area contributed by atoms with E-state index in [0.717, 1.165) is 11.2 Å². The second-order valence-electron chi connectivity index (χ2n) is 2.38. The average Bonchev–Trinajstić information content (AvgIpc) is 2.35. The summed E-state index contributed by atoms with van der Waals surface area (Å²) in [7, 11) is 0. The first-order valence-corrected chi connectivity index (χ1v) is 3.97. The Morgan fingerprint density at radius 1 is 1.60 bits per heavy atom. The highest BCUT2D eigenvalue weighted by Crippen LogP contribution is 2.27. The van der Waals surface area contributed by atoms with Crippen molar-refractivity contribution >= 4 is 27.2 Å². The SMILES string of the molecule is Cc1cc2scc(N)c2[nH]1. The molecule has 0 radical (unpaired) electrons. The van der Waals surface area contributed by atoms with Crippen molar-refractivity contribution in [1.82, 2.24) is 4.98 Å². The van der Waals surface area contributed by atoms with Gasteiger partial charge in [0.1, 0.15) is 0 Å². The number of aromatic nitrogens is 1. The Hall–Kier alpha value is -0.960. The largest absolute Gasteiger partial charge is 0.396 e. The monoisotopic (exact) mass is 152 g/mol. The minimum absolute atomic E-state index is 0.855. The predicted octanol–water partition coefficient (Wildman–Crippen LogP) is 2.12. The van der Waals surface area contributed by atoms with Crippen LogP contribution in [-0.4, -0.2) is 4.98 Å². The van der Waals surface area contributed by atoms with Crippen molar-refractivity contribution in [3.63, 3.8) is 0 Å². The molecule has 3 heteroatoms. The first-order valence-electron chi connectivity index (χ1n) is 3.09. The van der Waals surface area contributed by atoms with Gasteiger partial charge in [0.05, 0.1) is 15.9 Å². The zero-order valence-corrected chi connectivity index (χ0v) is 6.46. The number of aromatic amines is 1. The quantitative estimate of drug-likeness (QED) is 0.596. The van der Waals surface area contributed by atoms with E-state index in [0.29, 0.717) is 0 Å². The Morgan fingerprint density at radius 3 is 3.10 bits per heavy atom. The van der Waals surface area contributed by atoms with E-state index in [1.807, 2.05) is 12.3 Å². The normalized spacial score (nSPS) is 10.9. The third-order valence-corrected chi connectivity index (χ3v) is 2.47. The van der Waals surface area contributed by atoms with Crippen LogP contribution in [0, 0.1) is 6.92 Å². The Balaban J connectivity index is 2.90. The lowest BCUT2D eigenvalue weighted by Crippen LogP contribution is -1.80. The van der Waals surface area contributed by atoms with E-state index in [2.05, 4.69) is 11.1 Å². The molecule has 2 aromatic heterocycles. The van der Waals surface area contributed by atoms with Gasteiger partial charge in [-0.2, -0.15) is 0 Å². The van der Waals surface area contributed by atoms with Crippen molar-refractivity contribution in [3.8, 4) is 0 Å². The molecule has 0 atom stereocenters. The third kappa shape index (κ3) is 0.640. The van der Waals surface area contributed by atoms with Gasteiger partial charge in [0.25, 0.3) is 0 Å². The number of fused-ring (bicyclic) bond motifs is 1. The molecule has 2 aromatic rings. The summed E-state index contributed by atoms with van der Waals surface area (Å²) in [6.07, 6.45) is 0. The van der Waals surface area contributed by atoms with Crippen LogP contribution in [0.4, 0.5) is 5.69 Å². The van der Waals surface area contributed by atoms with Crippen LogP contribution >= 0.6 is 11.3 Å². The molecule has 0 saturated heterocycles. The topological polar surface area (TPSA) is 41.8 Å². The van der Waals surface area contributed by atoms with Crippen molar-refractivity contribution in [2.45, 2.75) is 6.92 Å². The van der Waals surface area contributed by atoms with E-state index in [4.69, 9.17) is 5.73 Å². The summed E-state index contributed by atoms with van der Waals surface area (Å²) >= 11 is 1.68. The molecule has 0 aliphatic heterocycles. The molecule has 0 aromatic carbocycles.